The maximum Gasteiger partial charge on any atom is 0.1000 e. The van der Waals surface area contributed by atoms with Crippen molar-refractivity contribution in [1.29, 1.82) is 0 Å². The molecule has 0 rings (SSSR count). The van der Waals surface area contributed by atoms with Crippen LogP contribution in [0.3, 0.4) is 0 Å². The zero-order valence-corrected chi connectivity index (χ0v) is 10.2. The van der Waals surface area contributed by atoms with Gasteiger partial charge in [-0.15, -0.1) is 12.6 Å². The molecule has 0 radical (unpaired) electrons. The molecule has 15 heavy (non-hydrogen) atoms. The van der Waals surface area contributed by atoms with Crippen molar-refractivity contribution in [3.63, 3.8) is 0 Å². The Morgan fingerprint density at radius 3 is 2.20 bits per heavy atom. The van der Waals surface area contributed by atoms with Crippen LogP contribution in [0.1, 0.15) is 13.8 Å². The molecule has 0 aromatic carbocycles. The van der Waals surface area contributed by atoms with Gasteiger partial charge in [0.15, 0.2) is 0 Å². The zero-order valence-electron chi connectivity index (χ0n) is 9.33. The van der Waals surface area contributed by atoms with E-state index in [-0.39, 0.29) is 0 Å². The van der Waals surface area contributed by atoms with Crippen molar-refractivity contribution in [2.24, 2.45) is 4.99 Å². The molecule has 0 spiro atoms. The van der Waals surface area contributed by atoms with Crippen LogP contribution < -0.4 is 0 Å². The minimum absolute atomic E-state index is 0.574. The summed E-state index contributed by atoms with van der Waals surface area (Å²) in [5.41, 5.74) is 2.69. The summed E-state index contributed by atoms with van der Waals surface area (Å²) in [6.07, 6.45) is 7.60. The molecule has 80 valence electrons. The van der Waals surface area contributed by atoms with E-state index in [0.717, 1.165) is 16.7 Å². The molecular weight excluding hydrogens is 202 g/mol. The molecule has 0 saturated carbocycles. The lowest BCUT2D eigenvalue weighted by molar-refractivity contribution is 1.43. The normalized spacial score (nSPS) is 13.0. The Morgan fingerprint density at radius 1 is 1.20 bits per heavy atom. The fourth-order valence-corrected chi connectivity index (χ4v) is 1.13. The number of nitrogens with zero attached hydrogens (tertiary/aromatic N) is 1. The van der Waals surface area contributed by atoms with E-state index in [2.05, 4.69) is 37.5 Å². The second kappa shape index (κ2) is 7.07. The lowest BCUT2D eigenvalue weighted by Crippen LogP contribution is -1.84. The van der Waals surface area contributed by atoms with E-state index in [1.807, 2.05) is 38.2 Å². The zero-order chi connectivity index (χ0) is 11.8. The van der Waals surface area contributed by atoms with Crippen LogP contribution in [0.15, 0.2) is 64.2 Å². The van der Waals surface area contributed by atoms with Crippen LogP contribution in [0.5, 0.6) is 0 Å². The Bertz CT molecular complexity index is 357. The van der Waals surface area contributed by atoms with Crippen LogP contribution in [0.4, 0.5) is 0 Å². The number of rotatable bonds is 5. The van der Waals surface area contributed by atoms with Crippen LogP contribution in [0.25, 0.3) is 0 Å². The molecule has 1 nitrogen and oxygen atoms in total. The largest absolute Gasteiger partial charge is 0.257 e. The SMILES string of the molecule is C=N/C(S)=C(\C=C/C)C(=C)/C=C\C(=C)C. The second-order valence-corrected chi connectivity index (χ2v) is 3.52. The smallest absolute Gasteiger partial charge is 0.1000 e. The third kappa shape index (κ3) is 5.23. The summed E-state index contributed by atoms with van der Waals surface area (Å²) in [6.45, 7) is 15.0. The predicted molar refractivity (Wildman–Crippen MR) is 73.5 cm³/mol. The van der Waals surface area contributed by atoms with Crippen LogP contribution in [-0.2, 0) is 0 Å². The van der Waals surface area contributed by atoms with Crippen molar-refractivity contribution in [1.82, 2.24) is 0 Å². The lowest BCUT2D eigenvalue weighted by atomic mass is 10.1. The van der Waals surface area contributed by atoms with Gasteiger partial charge in [-0.25, -0.2) is 0 Å². The minimum atomic E-state index is 0.574. The van der Waals surface area contributed by atoms with Gasteiger partial charge >= 0.3 is 0 Å². The highest BCUT2D eigenvalue weighted by molar-refractivity contribution is 7.84. The molecule has 0 aromatic rings. The second-order valence-electron chi connectivity index (χ2n) is 3.10. The van der Waals surface area contributed by atoms with E-state index in [1.54, 1.807) is 0 Å². The molecule has 0 unspecified atom stereocenters. The molecule has 0 fully saturated rings. The highest BCUT2D eigenvalue weighted by Gasteiger charge is 2.00. The van der Waals surface area contributed by atoms with Crippen LogP contribution in [-0.4, -0.2) is 6.72 Å². The number of aliphatic imine (C=N–C) groups is 1. The van der Waals surface area contributed by atoms with Gasteiger partial charge < -0.3 is 0 Å². The summed E-state index contributed by atoms with van der Waals surface area (Å²) < 4.78 is 0. The Labute approximate surface area is 97.7 Å². The molecule has 0 N–H and O–H groups in total. The number of hydrogen-bond acceptors (Lipinski definition) is 2. The molecule has 0 aliphatic heterocycles. The predicted octanol–water partition coefficient (Wildman–Crippen LogP) is 4.09. The fraction of sp³-hybridized carbons (Fsp3) is 0.154. The molecule has 0 aliphatic rings. The summed E-state index contributed by atoms with van der Waals surface area (Å²) in [6, 6.07) is 0. The molecule has 0 bridgehead atoms. The lowest BCUT2D eigenvalue weighted by Gasteiger charge is -2.03. The summed E-state index contributed by atoms with van der Waals surface area (Å²) >= 11 is 4.23. The number of allylic oxidation sites excluding steroid dienone is 7. The molecule has 0 heterocycles. The van der Waals surface area contributed by atoms with E-state index in [9.17, 15) is 0 Å². The molecule has 0 amide bonds. The quantitative estimate of drug-likeness (QED) is 0.406. The van der Waals surface area contributed by atoms with Gasteiger partial charge in [0.2, 0.25) is 0 Å². The van der Waals surface area contributed by atoms with Gasteiger partial charge in [-0.2, -0.15) is 0 Å². The van der Waals surface area contributed by atoms with Crippen LogP contribution in [0, 0.1) is 0 Å². The van der Waals surface area contributed by atoms with E-state index < -0.39 is 0 Å². The van der Waals surface area contributed by atoms with E-state index in [1.165, 1.54) is 0 Å². The molecular formula is C13H17NS. The Morgan fingerprint density at radius 2 is 1.80 bits per heavy atom. The van der Waals surface area contributed by atoms with Crippen molar-refractivity contribution in [2.75, 3.05) is 0 Å². The van der Waals surface area contributed by atoms with Gasteiger partial charge in [-0.1, -0.05) is 43.0 Å². The van der Waals surface area contributed by atoms with Crippen molar-refractivity contribution in [2.45, 2.75) is 13.8 Å². The fourth-order valence-electron chi connectivity index (χ4n) is 0.910. The minimum Gasteiger partial charge on any atom is -0.257 e. The van der Waals surface area contributed by atoms with Gasteiger partial charge in [-0.3, -0.25) is 4.99 Å². The van der Waals surface area contributed by atoms with Crippen molar-refractivity contribution >= 4 is 19.3 Å². The van der Waals surface area contributed by atoms with E-state index in [4.69, 9.17) is 0 Å². The highest BCUT2D eigenvalue weighted by Crippen LogP contribution is 2.20. The first kappa shape index (κ1) is 13.7. The van der Waals surface area contributed by atoms with Crippen molar-refractivity contribution < 1.29 is 0 Å². The van der Waals surface area contributed by atoms with Gasteiger partial charge in [-0.05, 0) is 26.1 Å². The van der Waals surface area contributed by atoms with Crippen molar-refractivity contribution in [3.05, 3.63) is 59.2 Å². The van der Waals surface area contributed by atoms with Gasteiger partial charge in [0.05, 0.1) is 5.03 Å². The number of thiol groups is 1. The maximum absolute atomic E-state index is 4.23. The van der Waals surface area contributed by atoms with Gasteiger partial charge in [0, 0.05) is 5.57 Å². The Balaban J connectivity index is 5.05. The molecule has 0 aromatic heterocycles. The summed E-state index contributed by atoms with van der Waals surface area (Å²) in [4.78, 5) is 3.78. The van der Waals surface area contributed by atoms with Gasteiger partial charge in [0.25, 0.3) is 0 Å². The average Bonchev–Trinajstić information content (AvgIpc) is 2.21. The molecule has 0 atom stereocenters. The molecule has 0 saturated heterocycles. The van der Waals surface area contributed by atoms with E-state index in [0.29, 0.717) is 5.03 Å². The van der Waals surface area contributed by atoms with Gasteiger partial charge in [0.1, 0.15) is 0 Å². The topological polar surface area (TPSA) is 12.4 Å². The van der Waals surface area contributed by atoms with Crippen LogP contribution >= 0.6 is 12.6 Å². The monoisotopic (exact) mass is 219 g/mol. The number of hydrogen-bond donors (Lipinski definition) is 1. The highest BCUT2D eigenvalue weighted by atomic mass is 32.1. The summed E-state index contributed by atoms with van der Waals surface area (Å²) in [7, 11) is 0. The average molecular weight is 219 g/mol. The standard InChI is InChI=1S/C13H17NS/c1-6-7-12(13(15)14-5)11(4)9-8-10(2)3/h6-9,15H,2,4-5H2,1,3H3/b7-6-,9-8-,13-12-. The third-order valence-electron chi connectivity index (χ3n) is 1.64. The molecule has 0 aliphatic carbocycles. The Hall–Kier alpha value is -1.28. The van der Waals surface area contributed by atoms with Crippen molar-refractivity contribution in [3.8, 4) is 0 Å². The Kier molecular flexibility index (Phi) is 6.47. The maximum atomic E-state index is 4.23. The summed E-state index contributed by atoms with van der Waals surface area (Å²) in [5.74, 6) is 0. The third-order valence-corrected chi connectivity index (χ3v) is 2.02. The van der Waals surface area contributed by atoms with E-state index >= 15 is 0 Å². The first-order chi connectivity index (χ1) is 7.02. The first-order valence-corrected chi connectivity index (χ1v) is 5.03. The first-order valence-electron chi connectivity index (χ1n) is 4.58. The summed E-state index contributed by atoms with van der Waals surface area (Å²) in [5, 5.41) is 0.574. The molecule has 2 heteroatoms. The van der Waals surface area contributed by atoms with Crippen LogP contribution in [0.2, 0.25) is 0 Å².